The van der Waals surface area contributed by atoms with E-state index in [1.807, 2.05) is 13.8 Å². The lowest BCUT2D eigenvalue weighted by molar-refractivity contribution is -0.126. The summed E-state index contributed by atoms with van der Waals surface area (Å²) in [7, 11) is -3.60. The Labute approximate surface area is 148 Å². The molecular formula is C17H24N2O5S. The van der Waals surface area contributed by atoms with Crippen molar-refractivity contribution in [2.24, 2.45) is 5.92 Å². The Balaban J connectivity index is 1.69. The molecule has 7 nitrogen and oxygen atoms in total. The molecule has 1 aromatic rings. The van der Waals surface area contributed by atoms with Crippen LogP contribution >= 0.6 is 0 Å². The molecule has 25 heavy (non-hydrogen) atoms. The van der Waals surface area contributed by atoms with Crippen molar-refractivity contribution in [1.82, 2.24) is 9.62 Å². The molecule has 2 aliphatic rings. The zero-order valence-electron chi connectivity index (χ0n) is 14.5. The van der Waals surface area contributed by atoms with Gasteiger partial charge in [-0.05, 0) is 38.8 Å². The molecule has 0 bridgehead atoms. The summed E-state index contributed by atoms with van der Waals surface area (Å²) in [5.41, 5.74) is 0. The van der Waals surface area contributed by atoms with Gasteiger partial charge in [-0.1, -0.05) is 0 Å². The lowest BCUT2D eigenvalue weighted by atomic mass is 9.97. The SMILES string of the molecule is CC(C)NC(=O)C1CCN(S(=O)(=O)c2ccc3c(c2)OCCO3)CC1. The quantitative estimate of drug-likeness (QED) is 0.868. The van der Waals surface area contributed by atoms with E-state index in [0.717, 1.165) is 0 Å². The van der Waals surface area contributed by atoms with Crippen molar-refractivity contribution in [2.45, 2.75) is 37.6 Å². The number of nitrogens with one attached hydrogen (secondary N) is 1. The lowest BCUT2D eigenvalue weighted by Crippen LogP contribution is -2.44. The van der Waals surface area contributed by atoms with E-state index in [0.29, 0.717) is 50.6 Å². The van der Waals surface area contributed by atoms with E-state index in [9.17, 15) is 13.2 Å². The van der Waals surface area contributed by atoms with Crippen LogP contribution in [-0.2, 0) is 14.8 Å². The number of benzene rings is 1. The molecule has 0 unspecified atom stereocenters. The molecule has 0 aromatic heterocycles. The fourth-order valence-corrected chi connectivity index (χ4v) is 4.58. The fourth-order valence-electron chi connectivity index (χ4n) is 3.09. The summed E-state index contributed by atoms with van der Waals surface area (Å²) in [6.07, 6.45) is 1.06. The van der Waals surface area contributed by atoms with Crippen LogP contribution in [0.2, 0.25) is 0 Å². The van der Waals surface area contributed by atoms with Gasteiger partial charge in [0, 0.05) is 31.1 Å². The normalized spacial score (nSPS) is 19.0. The number of fused-ring (bicyclic) bond motifs is 1. The van der Waals surface area contributed by atoms with Crippen molar-refractivity contribution < 1.29 is 22.7 Å². The second-order valence-electron chi connectivity index (χ2n) is 6.65. The molecule has 2 heterocycles. The van der Waals surface area contributed by atoms with Gasteiger partial charge in [-0.15, -0.1) is 0 Å². The van der Waals surface area contributed by atoms with Gasteiger partial charge in [0.15, 0.2) is 11.5 Å². The van der Waals surface area contributed by atoms with Gasteiger partial charge >= 0.3 is 0 Å². The Morgan fingerprint density at radius 1 is 1.16 bits per heavy atom. The van der Waals surface area contributed by atoms with Crippen LogP contribution in [0, 0.1) is 5.92 Å². The van der Waals surface area contributed by atoms with E-state index in [4.69, 9.17) is 9.47 Å². The van der Waals surface area contributed by atoms with Gasteiger partial charge in [-0.25, -0.2) is 8.42 Å². The first-order chi connectivity index (χ1) is 11.9. The molecule has 0 aliphatic carbocycles. The summed E-state index contributed by atoms with van der Waals surface area (Å²) >= 11 is 0. The summed E-state index contributed by atoms with van der Waals surface area (Å²) in [5.74, 6) is 0.897. The highest BCUT2D eigenvalue weighted by Crippen LogP contribution is 2.34. The van der Waals surface area contributed by atoms with Gasteiger partial charge in [-0.2, -0.15) is 4.31 Å². The van der Waals surface area contributed by atoms with E-state index in [1.165, 1.54) is 10.4 Å². The highest BCUT2D eigenvalue weighted by Gasteiger charge is 2.32. The topological polar surface area (TPSA) is 84.9 Å². The number of carbonyl (C=O) groups excluding carboxylic acids is 1. The summed E-state index contributed by atoms with van der Waals surface area (Å²) in [6, 6.07) is 4.78. The molecule has 1 aromatic carbocycles. The summed E-state index contributed by atoms with van der Waals surface area (Å²) in [6.45, 7) is 5.39. The van der Waals surface area contributed by atoms with E-state index >= 15 is 0 Å². The Morgan fingerprint density at radius 3 is 2.44 bits per heavy atom. The maximum Gasteiger partial charge on any atom is 0.243 e. The Morgan fingerprint density at radius 2 is 1.80 bits per heavy atom. The predicted octanol–water partition coefficient (Wildman–Crippen LogP) is 1.38. The van der Waals surface area contributed by atoms with Crippen LogP contribution in [0.3, 0.4) is 0 Å². The van der Waals surface area contributed by atoms with Crippen LogP contribution in [0.5, 0.6) is 11.5 Å². The van der Waals surface area contributed by atoms with Crippen LogP contribution in [0.1, 0.15) is 26.7 Å². The first kappa shape index (κ1) is 18.0. The lowest BCUT2D eigenvalue weighted by Gasteiger charge is -2.31. The second-order valence-corrected chi connectivity index (χ2v) is 8.59. The minimum absolute atomic E-state index is 0.00591. The van der Waals surface area contributed by atoms with Crippen LogP contribution in [0.4, 0.5) is 0 Å². The maximum absolute atomic E-state index is 12.9. The molecule has 0 atom stereocenters. The minimum atomic E-state index is -3.60. The summed E-state index contributed by atoms with van der Waals surface area (Å²) in [4.78, 5) is 12.3. The first-order valence-electron chi connectivity index (χ1n) is 8.58. The summed E-state index contributed by atoms with van der Waals surface area (Å²) < 4.78 is 38.1. The molecule has 2 aliphatic heterocycles. The van der Waals surface area contributed by atoms with Crippen LogP contribution < -0.4 is 14.8 Å². The number of nitrogens with zero attached hydrogens (tertiary/aromatic N) is 1. The van der Waals surface area contributed by atoms with Crippen molar-refractivity contribution in [3.05, 3.63) is 18.2 Å². The number of amides is 1. The molecule has 1 N–H and O–H groups in total. The molecule has 0 spiro atoms. The number of carbonyl (C=O) groups is 1. The highest BCUT2D eigenvalue weighted by atomic mass is 32.2. The van der Waals surface area contributed by atoms with E-state index < -0.39 is 10.0 Å². The smallest absolute Gasteiger partial charge is 0.243 e. The number of hydrogen-bond acceptors (Lipinski definition) is 5. The third kappa shape index (κ3) is 3.90. The molecule has 1 amide bonds. The van der Waals surface area contributed by atoms with E-state index in [-0.39, 0.29) is 22.8 Å². The molecule has 8 heteroatoms. The Kier molecular flexibility index (Phi) is 5.19. The molecule has 1 saturated heterocycles. The van der Waals surface area contributed by atoms with Crippen LogP contribution in [0.25, 0.3) is 0 Å². The number of sulfonamides is 1. The predicted molar refractivity (Wildman–Crippen MR) is 92.2 cm³/mol. The zero-order valence-corrected chi connectivity index (χ0v) is 15.3. The molecule has 1 fully saturated rings. The van der Waals surface area contributed by atoms with Gasteiger partial charge in [0.25, 0.3) is 0 Å². The average molecular weight is 368 g/mol. The third-order valence-corrected chi connectivity index (χ3v) is 6.30. The molecule has 3 rings (SSSR count). The van der Waals surface area contributed by atoms with Gasteiger partial charge in [0.2, 0.25) is 15.9 Å². The van der Waals surface area contributed by atoms with Gasteiger partial charge in [-0.3, -0.25) is 4.79 Å². The largest absolute Gasteiger partial charge is 0.486 e. The second kappa shape index (κ2) is 7.21. The number of piperidine rings is 1. The molecule has 138 valence electrons. The standard InChI is InChI=1S/C17H24N2O5S/c1-12(2)18-17(20)13-5-7-19(8-6-13)25(21,22)14-3-4-15-16(11-14)24-10-9-23-15/h3-4,11-13H,5-10H2,1-2H3,(H,18,20). The van der Waals surface area contributed by atoms with Gasteiger partial charge in [0.1, 0.15) is 13.2 Å². The maximum atomic E-state index is 12.9. The Hall–Kier alpha value is -1.80. The zero-order chi connectivity index (χ0) is 18.0. The molecular weight excluding hydrogens is 344 g/mol. The monoisotopic (exact) mass is 368 g/mol. The summed E-state index contributed by atoms with van der Waals surface area (Å²) in [5, 5.41) is 2.89. The molecule has 0 radical (unpaired) electrons. The average Bonchev–Trinajstić information content (AvgIpc) is 2.61. The highest BCUT2D eigenvalue weighted by molar-refractivity contribution is 7.89. The van der Waals surface area contributed by atoms with Crippen molar-refractivity contribution >= 4 is 15.9 Å². The molecule has 0 saturated carbocycles. The van der Waals surface area contributed by atoms with Crippen LogP contribution in [-0.4, -0.2) is 51.0 Å². The Bertz CT molecular complexity index is 739. The number of hydrogen-bond donors (Lipinski definition) is 1. The van der Waals surface area contributed by atoms with Crippen molar-refractivity contribution in [2.75, 3.05) is 26.3 Å². The van der Waals surface area contributed by atoms with Crippen LogP contribution in [0.15, 0.2) is 23.1 Å². The van der Waals surface area contributed by atoms with Crippen molar-refractivity contribution in [3.63, 3.8) is 0 Å². The van der Waals surface area contributed by atoms with Crippen molar-refractivity contribution in [1.29, 1.82) is 0 Å². The van der Waals surface area contributed by atoms with Gasteiger partial charge < -0.3 is 14.8 Å². The van der Waals surface area contributed by atoms with Gasteiger partial charge in [0.05, 0.1) is 4.90 Å². The van der Waals surface area contributed by atoms with E-state index in [1.54, 1.807) is 12.1 Å². The first-order valence-corrected chi connectivity index (χ1v) is 10.0. The van der Waals surface area contributed by atoms with E-state index in [2.05, 4.69) is 5.32 Å². The third-order valence-electron chi connectivity index (χ3n) is 4.41. The minimum Gasteiger partial charge on any atom is -0.486 e. The number of ether oxygens (including phenoxy) is 2. The number of rotatable bonds is 4. The van der Waals surface area contributed by atoms with Crippen molar-refractivity contribution in [3.8, 4) is 11.5 Å². The fraction of sp³-hybridized carbons (Fsp3) is 0.588.